The van der Waals surface area contributed by atoms with Crippen LogP contribution in [-0.4, -0.2) is 19.9 Å². The third-order valence-electron chi connectivity index (χ3n) is 4.69. The lowest BCUT2D eigenvalue weighted by molar-refractivity contribution is 0.393. The molecule has 0 saturated heterocycles. The van der Waals surface area contributed by atoms with Gasteiger partial charge in [-0.05, 0) is 61.6 Å². The Balaban J connectivity index is 1.63. The van der Waals surface area contributed by atoms with Crippen molar-refractivity contribution in [3.05, 3.63) is 83.3 Å². The Morgan fingerprint density at radius 2 is 1.81 bits per heavy atom. The van der Waals surface area contributed by atoms with Gasteiger partial charge >= 0.3 is 0 Å². The van der Waals surface area contributed by atoms with E-state index in [1.54, 1.807) is 11.0 Å². The highest BCUT2D eigenvalue weighted by molar-refractivity contribution is 5.69. The molecule has 5 heteroatoms. The molecular formula is C21H20N4O. The van der Waals surface area contributed by atoms with Gasteiger partial charge in [0.1, 0.15) is 18.4 Å². The molecule has 2 aromatic heterocycles. The highest BCUT2D eigenvalue weighted by atomic mass is 16.5. The van der Waals surface area contributed by atoms with E-state index < -0.39 is 0 Å². The van der Waals surface area contributed by atoms with Crippen molar-refractivity contribution in [1.82, 2.24) is 19.9 Å². The summed E-state index contributed by atoms with van der Waals surface area (Å²) in [6.07, 6.45) is 4.12. The highest BCUT2D eigenvalue weighted by Crippen LogP contribution is 2.29. The number of hydrogen-bond acceptors (Lipinski definition) is 4. The van der Waals surface area contributed by atoms with Crippen LogP contribution in [0.15, 0.2) is 59.6 Å². The lowest BCUT2D eigenvalue weighted by Gasteiger charge is -2.10. The van der Waals surface area contributed by atoms with Crippen molar-refractivity contribution < 1.29 is 4.52 Å². The molecule has 0 aliphatic carbocycles. The van der Waals surface area contributed by atoms with Crippen molar-refractivity contribution in [3.63, 3.8) is 0 Å². The highest BCUT2D eigenvalue weighted by Gasteiger charge is 2.13. The van der Waals surface area contributed by atoms with Gasteiger partial charge < -0.3 is 4.52 Å². The summed E-state index contributed by atoms with van der Waals surface area (Å²) in [7, 11) is 0. The zero-order valence-corrected chi connectivity index (χ0v) is 15.1. The van der Waals surface area contributed by atoms with Crippen LogP contribution in [-0.2, 0) is 6.42 Å². The van der Waals surface area contributed by atoms with Crippen molar-refractivity contribution in [2.75, 3.05) is 0 Å². The van der Waals surface area contributed by atoms with Gasteiger partial charge in [-0.2, -0.15) is 5.10 Å². The fourth-order valence-electron chi connectivity index (χ4n) is 3.24. The molecular weight excluding hydrogens is 324 g/mol. The van der Waals surface area contributed by atoms with Crippen molar-refractivity contribution >= 4 is 0 Å². The Bertz CT molecular complexity index is 1010. The first-order valence-corrected chi connectivity index (χ1v) is 8.58. The van der Waals surface area contributed by atoms with Gasteiger partial charge in [0, 0.05) is 5.56 Å². The lowest BCUT2D eigenvalue weighted by Crippen LogP contribution is -1.96. The monoisotopic (exact) mass is 344 g/mol. The van der Waals surface area contributed by atoms with Crippen LogP contribution in [0.4, 0.5) is 0 Å². The molecule has 130 valence electrons. The lowest BCUT2D eigenvalue weighted by atomic mass is 9.95. The zero-order chi connectivity index (χ0) is 18.1. The summed E-state index contributed by atoms with van der Waals surface area (Å²) in [5, 5.41) is 8.24. The molecule has 0 N–H and O–H groups in total. The van der Waals surface area contributed by atoms with Crippen molar-refractivity contribution in [2.45, 2.75) is 27.2 Å². The summed E-state index contributed by atoms with van der Waals surface area (Å²) >= 11 is 0. The van der Waals surface area contributed by atoms with Crippen molar-refractivity contribution in [2.24, 2.45) is 0 Å². The Kier molecular flexibility index (Phi) is 4.13. The van der Waals surface area contributed by atoms with Gasteiger partial charge in [0.2, 0.25) is 0 Å². The summed E-state index contributed by atoms with van der Waals surface area (Å²) in [5.41, 5.74) is 8.01. The number of rotatable bonds is 4. The summed E-state index contributed by atoms with van der Waals surface area (Å²) in [6, 6.07) is 15.0. The minimum absolute atomic E-state index is 0.856. The smallest absolute Gasteiger partial charge is 0.141 e. The molecule has 4 rings (SSSR count). The maximum atomic E-state index is 5.32. The van der Waals surface area contributed by atoms with Crippen LogP contribution in [0.25, 0.3) is 16.8 Å². The molecule has 2 heterocycles. The molecule has 0 spiro atoms. The number of aryl methyl sites for hydroxylation is 3. The third-order valence-corrected chi connectivity index (χ3v) is 4.69. The maximum absolute atomic E-state index is 5.32. The van der Waals surface area contributed by atoms with Crippen LogP contribution in [0.1, 0.15) is 28.1 Å². The second kappa shape index (κ2) is 6.59. The predicted molar refractivity (Wildman–Crippen MR) is 100 cm³/mol. The second-order valence-corrected chi connectivity index (χ2v) is 6.52. The molecule has 0 unspecified atom stereocenters. The standard InChI is InChI=1S/C21H20N4O/c1-14-4-7-18(21-15(2)24-26-16(21)3)11-19(14)10-17-5-8-20(9-6-17)25-13-22-12-23-25/h4-9,11-13H,10H2,1-3H3. The van der Waals surface area contributed by atoms with Gasteiger partial charge in [-0.25, -0.2) is 9.67 Å². The molecule has 0 amide bonds. The van der Waals surface area contributed by atoms with Crippen LogP contribution in [0.5, 0.6) is 0 Å². The van der Waals surface area contributed by atoms with E-state index in [1.165, 1.54) is 23.0 Å². The fraction of sp³-hybridized carbons (Fsp3) is 0.190. The van der Waals surface area contributed by atoms with E-state index >= 15 is 0 Å². The van der Waals surface area contributed by atoms with Gasteiger partial charge in [-0.3, -0.25) is 0 Å². The van der Waals surface area contributed by atoms with Gasteiger partial charge in [0.15, 0.2) is 0 Å². The molecule has 0 fully saturated rings. The summed E-state index contributed by atoms with van der Waals surface area (Å²) in [4.78, 5) is 3.99. The molecule has 2 aromatic carbocycles. The Hall–Kier alpha value is -3.21. The molecule has 5 nitrogen and oxygen atoms in total. The van der Waals surface area contributed by atoms with Gasteiger partial charge in [0.05, 0.1) is 11.4 Å². The largest absolute Gasteiger partial charge is 0.361 e. The quantitative estimate of drug-likeness (QED) is 0.549. The molecule has 0 atom stereocenters. The van der Waals surface area contributed by atoms with Gasteiger partial charge in [0.25, 0.3) is 0 Å². The Labute approximate surface area is 152 Å². The van der Waals surface area contributed by atoms with Gasteiger partial charge in [-0.15, -0.1) is 0 Å². The summed E-state index contributed by atoms with van der Waals surface area (Å²) < 4.78 is 7.08. The van der Waals surface area contributed by atoms with E-state index in [9.17, 15) is 0 Å². The molecule has 0 radical (unpaired) electrons. The SMILES string of the molecule is Cc1ccc(-c2c(C)noc2C)cc1Cc1ccc(-n2cncn2)cc1. The summed E-state index contributed by atoms with van der Waals surface area (Å²) in [5.74, 6) is 0.856. The van der Waals surface area contributed by atoms with E-state index in [1.807, 2.05) is 13.8 Å². The van der Waals surface area contributed by atoms with E-state index in [4.69, 9.17) is 4.52 Å². The first-order valence-electron chi connectivity index (χ1n) is 8.58. The minimum Gasteiger partial charge on any atom is -0.361 e. The average Bonchev–Trinajstić information content (AvgIpc) is 3.28. The van der Waals surface area contributed by atoms with E-state index in [0.29, 0.717) is 0 Å². The number of nitrogens with zero attached hydrogens (tertiary/aromatic N) is 4. The average molecular weight is 344 g/mol. The number of benzene rings is 2. The normalized spacial score (nSPS) is 11.0. The fourth-order valence-corrected chi connectivity index (χ4v) is 3.24. The predicted octanol–water partition coefficient (Wildman–Crippen LogP) is 4.44. The second-order valence-electron chi connectivity index (χ2n) is 6.52. The van der Waals surface area contributed by atoms with Crippen LogP contribution >= 0.6 is 0 Å². The van der Waals surface area contributed by atoms with E-state index in [0.717, 1.165) is 34.7 Å². The van der Waals surface area contributed by atoms with Crippen LogP contribution in [0.2, 0.25) is 0 Å². The minimum atomic E-state index is 0.856. The third kappa shape index (κ3) is 3.04. The number of hydrogen-bond donors (Lipinski definition) is 0. The topological polar surface area (TPSA) is 56.7 Å². The van der Waals surface area contributed by atoms with Gasteiger partial charge in [-0.1, -0.05) is 35.5 Å². The molecule has 0 aliphatic rings. The Morgan fingerprint density at radius 1 is 1.00 bits per heavy atom. The number of aromatic nitrogens is 4. The molecule has 4 aromatic rings. The summed E-state index contributed by atoms with van der Waals surface area (Å²) in [6.45, 7) is 6.09. The van der Waals surface area contributed by atoms with Crippen LogP contribution in [0, 0.1) is 20.8 Å². The Morgan fingerprint density at radius 3 is 2.46 bits per heavy atom. The van der Waals surface area contributed by atoms with E-state index in [2.05, 4.69) is 64.6 Å². The molecule has 0 aliphatic heterocycles. The zero-order valence-electron chi connectivity index (χ0n) is 15.1. The van der Waals surface area contributed by atoms with Crippen LogP contribution < -0.4 is 0 Å². The van der Waals surface area contributed by atoms with Crippen LogP contribution in [0.3, 0.4) is 0 Å². The van der Waals surface area contributed by atoms with E-state index in [-0.39, 0.29) is 0 Å². The van der Waals surface area contributed by atoms with Crippen molar-refractivity contribution in [3.8, 4) is 16.8 Å². The first-order chi connectivity index (χ1) is 12.6. The molecule has 26 heavy (non-hydrogen) atoms. The molecule has 0 bridgehead atoms. The molecule has 0 saturated carbocycles. The van der Waals surface area contributed by atoms with Crippen molar-refractivity contribution in [1.29, 1.82) is 0 Å². The maximum Gasteiger partial charge on any atom is 0.141 e. The first kappa shape index (κ1) is 16.3.